The first-order chi connectivity index (χ1) is 17.7. The molecule has 0 aromatic heterocycles. The summed E-state index contributed by atoms with van der Waals surface area (Å²) in [6.45, 7) is 0. The maximum Gasteiger partial charge on any atom is 0.262 e. The van der Waals surface area contributed by atoms with Gasteiger partial charge in [0.05, 0.1) is 17.7 Å². The molecule has 3 N–H and O–H groups in total. The van der Waals surface area contributed by atoms with Gasteiger partial charge in [-0.3, -0.25) is 25.2 Å². The zero-order valence-electron chi connectivity index (χ0n) is 20.9. The molecule has 0 saturated heterocycles. The Morgan fingerprint density at radius 2 is 1.57 bits per heavy atom. The molecule has 8 nitrogen and oxygen atoms in total. The molecule has 0 heterocycles. The summed E-state index contributed by atoms with van der Waals surface area (Å²) < 4.78 is 33.2. The van der Waals surface area contributed by atoms with Crippen LogP contribution in [0.15, 0.2) is 59.5 Å². The Hall–Kier alpha value is -3.33. The number of nitrogens with one attached hydrogen (secondary N) is 3. The molecule has 9 heteroatoms. The normalized spacial score (nSPS) is 26.1. The molecular formula is C28H33N3O5S. The third kappa shape index (κ3) is 5.82. The Morgan fingerprint density at radius 1 is 0.946 bits per heavy atom. The highest BCUT2D eigenvalue weighted by Gasteiger charge is 2.51. The lowest BCUT2D eigenvalue weighted by atomic mass is 9.49. The minimum absolute atomic E-state index is 0.0805. The standard InChI is InChI=1S/C28H33N3O5S/c1-36-25-5-3-2-4-24(25)31-37(34,35)23-9-6-19(7-10-23)8-11-26(32)29-30-27(33)18-28-15-20-12-21(16-28)14-22(13-20)17-28/h2-11,20-22,31H,12-18H2,1H3,(H,29,32)(H,30,33)/b11-8+. The maximum absolute atomic E-state index is 12.7. The Balaban J connectivity index is 1.12. The molecule has 2 aromatic carbocycles. The van der Waals surface area contributed by atoms with Crippen LogP contribution in [0.25, 0.3) is 6.08 Å². The van der Waals surface area contributed by atoms with Crippen LogP contribution in [0.1, 0.15) is 50.5 Å². The van der Waals surface area contributed by atoms with Crippen LogP contribution in [-0.4, -0.2) is 27.3 Å². The summed E-state index contributed by atoms with van der Waals surface area (Å²) in [4.78, 5) is 24.9. The average molecular weight is 524 g/mol. The van der Waals surface area contributed by atoms with Crippen molar-refractivity contribution in [2.45, 2.75) is 49.8 Å². The van der Waals surface area contributed by atoms with Crippen molar-refractivity contribution in [3.63, 3.8) is 0 Å². The molecule has 37 heavy (non-hydrogen) atoms. The second kappa shape index (κ2) is 10.2. The van der Waals surface area contributed by atoms with E-state index in [-0.39, 0.29) is 16.2 Å². The van der Waals surface area contributed by atoms with Gasteiger partial charge in [0.25, 0.3) is 15.9 Å². The van der Waals surface area contributed by atoms with Gasteiger partial charge in [0.2, 0.25) is 5.91 Å². The van der Waals surface area contributed by atoms with E-state index in [1.54, 1.807) is 42.5 Å². The zero-order chi connectivity index (χ0) is 26.0. The van der Waals surface area contributed by atoms with Gasteiger partial charge in [0.1, 0.15) is 5.75 Å². The van der Waals surface area contributed by atoms with E-state index in [0.717, 1.165) is 37.0 Å². The molecule has 4 aliphatic rings. The molecule has 4 bridgehead atoms. The number of carbonyl (C=O) groups is 2. The topological polar surface area (TPSA) is 114 Å². The van der Waals surface area contributed by atoms with E-state index in [4.69, 9.17) is 4.74 Å². The first-order valence-corrected chi connectivity index (χ1v) is 14.2. The highest BCUT2D eigenvalue weighted by Crippen LogP contribution is 2.61. The molecule has 2 aromatic rings. The van der Waals surface area contributed by atoms with Crippen molar-refractivity contribution in [2.75, 3.05) is 11.8 Å². The van der Waals surface area contributed by atoms with Crippen LogP contribution in [0.5, 0.6) is 5.75 Å². The Labute approximate surface area is 217 Å². The van der Waals surface area contributed by atoms with Gasteiger partial charge in [-0.25, -0.2) is 8.42 Å². The predicted molar refractivity (Wildman–Crippen MR) is 141 cm³/mol. The molecule has 4 aliphatic carbocycles. The molecule has 196 valence electrons. The van der Waals surface area contributed by atoms with Gasteiger partial charge in [-0.1, -0.05) is 24.3 Å². The van der Waals surface area contributed by atoms with Crippen molar-refractivity contribution in [3.8, 4) is 5.75 Å². The third-order valence-electron chi connectivity index (χ3n) is 7.99. The first-order valence-electron chi connectivity index (χ1n) is 12.8. The maximum atomic E-state index is 12.7. The summed E-state index contributed by atoms with van der Waals surface area (Å²) in [6, 6.07) is 12.9. The average Bonchev–Trinajstić information content (AvgIpc) is 2.85. The lowest BCUT2D eigenvalue weighted by Gasteiger charge is -2.56. The van der Waals surface area contributed by atoms with Gasteiger partial charge in [-0.05, 0) is 97.6 Å². The quantitative estimate of drug-likeness (QED) is 0.353. The van der Waals surface area contributed by atoms with Crippen LogP contribution >= 0.6 is 0 Å². The number of amides is 2. The number of hydrazine groups is 1. The number of hydrogen-bond donors (Lipinski definition) is 3. The zero-order valence-corrected chi connectivity index (χ0v) is 21.7. The highest BCUT2D eigenvalue weighted by atomic mass is 32.2. The number of anilines is 1. The van der Waals surface area contributed by atoms with Crippen molar-refractivity contribution in [1.82, 2.24) is 10.9 Å². The molecule has 0 atom stereocenters. The van der Waals surface area contributed by atoms with Crippen LogP contribution in [0, 0.1) is 23.2 Å². The molecular weight excluding hydrogens is 490 g/mol. The van der Waals surface area contributed by atoms with Crippen LogP contribution in [0.4, 0.5) is 5.69 Å². The minimum Gasteiger partial charge on any atom is -0.495 e. The van der Waals surface area contributed by atoms with E-state index in [1.807, 2.05) is 0 Å². The monoisotopic (exact) mass is 523 g/mol. The predicted octanol–water partition coefficient (Wildman–Crippen LogP) is 4.26. The Bertz CT molecular complexity index is 1270. The first kappa shape index (κ1) is 25.3. The second-order valence-electron chi connectivity index (χ2n) is 10.8. The summed E-state index contributed by atoms with van der Waals surface area (Å²) in [5, 5.41) is 0. The van der Waals surface area contributed by atoms with Gasteiger partial charge in [-0.2, -0.15) is 0 Å². The van der Waals surface area contributed by atoms with Crippen molar-refractivity contribution in [1.29, 1.82) is 0 Å². The van der Waals surface area contributed by atoms with Gasteiger partial charge >= 0.3 is 0 Å². The van der Waals surface area contributed by atoms with E-state index >= 15 is 0 Å². The van der Waals surface area contributed by atoms with Crippen LogP contribution < -0.4 is 20.3 Å². The number of ether oxygens (including phenoxy) is 1. The van der Waals surface area contributed by atoms with Gasteiger partial charge < -0.3 is 4.74 Å². The van der Waals surface area contributed by atoms with E-state index in [2.05, 4.69) is 15.6 Å². The number of carbonyl (C=O) groups excluding carboxylic acids is 2. The second-order valence-corrected chi connectivity index (χ2v) is 12.5. The van der Waals surface area contributed by atoms with E-state index in [9.17, 15) is 18.0 Å². The number of para-hydroxylation sites is 2. The van der Waals surface area contributed by atoms with Gasteiger partial charge in [-0.15, -0.1) is 0 Å². The largest absolute Gasteiger partial charge is 0.495 e. The van der Waals surface area contributed by atoms with Gasteiger partial charge in [0.15, 0.2) is 0 Å². The number of sulfonamides is 1. The summed E-state index contributed by atoms with van der Waals surface area (Å²) in [7, 11) is -2.34. The van der Waals surface area contributed by atoms with Crippen molar-refractivity contribution < 1.29 is 22.7 Å². The Kier molecular flexibility index (Phi) is 6.98. The summed E-state index contributed by atoms with van der Waals surface area (Å²) >= 11 is 0. The number of rotatable bonds is 8. The fourth-order valence-electron chi connectivity index (χ4n) is 6.93. The molecule has 0 aliphatic heterocycles. The summed E-state index contributed by atoms with van der Waals surface area (Å²) in [5.41, 5.74) is 6.13. The Morgan fingerprint density at radius 3 is 2.19 bits per heavy atom. The van der Waals surface area contributed by atoms with E-state index in [0.29, 0.717) is 23.4 Å². The van der Waals surface area contributed by atoms with E-state index < -0.39 is 15.9 Å². The van der Waals surface area contributed by atoms with Crippen LogP contribution in [0.2, 0.25) is 0 Å². The van der Waals surface area contributed by atoms with Crippen molar-refractivity contribution >= 4 is 33.6 Å². The lowest BCUT2D eigenvalue weighted by molar-refractivity contribution is -0.133. The number of methoxy groups -OCH3 is 1. The SMILES string of the molecule is COc1ccccc1NS(=O)(=O)c1ccc(/C=C/C(=O)NNC(=O)CC23CC4CC(CC(C4)C2)C3)cc1. The fourth-order valence-corrected chi connectivity index (χ4v) is 8.00. The number of hydrogen-bond acceptors (Lipinski definition) is 5. The molecule has 0 unspecified atom stereocenters. The van der Waals surface area contributed by atoms with Gasteiger partial charge in [0, 0.05) is 12.5 Å². The van der Waals surface area contributed by atoms with E-state index in [1.165, 1.54) is 44.6 Å². The van der Waals surface area contributed by atoms with Crippen LogP contribution in [0.3, 0.4) is 0 Å². The molecule has 6 rings (SSSR count). The van der Waals surface area contributed by atoms with Crippen molar-refractivity contribution in [3.05, 3.63) is 60.2 Å². The smallest absolute Gasteiger partial charge is 0.262 e. The molecule has 0 spiro atoms. The summed E-state index contributed by atoms with van der Waals surface area (Å²) in [5.74, 6) is 2.15. The van der Waals surface area contributed by atoms with Crippen LogP contribution in [-0.2, 0) is 19.6 Å². The number of benzene rings is 2. The molecule has 0 radical (unpaired) electrons. The molecule has 4 saturated carbocycles. The minimum atomic E-state index is -3.81. The third-order valence-corrected chi connectivity index (χ3v) is 9.38. The fraction of sp³-hybridized carbons (Fsp3) is 0.429. The highest BCUT2D eigenvalue weighted by molar-refractivity contribution is 7.92. The molecule has 2 amide bonds. The lowest BCUT2D eigenvalue weighted by Crippen LogP contribution is -2.49. The molecule has 4 fully saturated rings. The van der Waals surface area contributed by atoms with Crippen molar-refractivity contribution in [2.24, 2.45) is 23.2 Å². The summed E-state index contributed by atoms with van der Waals surface area (Å²) in [6.07, 6.45) is 10.7.